The second-order valence-corrected chi connectivity index (χ2v) is 7.40. The number of hydrogen-bond acceptors (Lipinski definition) is 4. The maximum atomic E-state index is 14.1. The third-order valence-electron chi connectivity index (χ3n) is 5.75. The molecule has 0 saturated carbocycles. The molecule has 0 bridgehead atoms. The highest BCUT2D eigenvalue weighted by molar-refractivity contribution is 5.25. The van der Waals surface area contributed by atoms with Gasteiger partial charge in [-0.25, -0.2) is 13.8 Å². The molecular formula is C20H26F2N4O. The summed E-state index contributed by atoms with van der Waals surface area (Å²) in [6.45, 7) is 7.25. The minimum Gasteiger partial charge on any atom is -0.370 e. The van der Waals surface area contributed by atoms with E-state index in [-0.39, 0.29) is 17.6 Å². The number of nitrogens with two attached hydrogens (primary N) is 1. The normalized spacial score (nSPS) is 25.7. The zero-order chi connectivity index (χ0) is 19.1. The molecule has 5 nitrogen and oxygen atoms in total. The number of halogens is 2. The Morgan fingerprint density at radius 3 is 2.78 bits per heavy atom. The molecule has 27 heavy (non-hydrogen) atoms. The van der Waals surface area contributed by atoms with Crippen LogP contribution in [0.2, 0.25) is 0 Å². The highest BCUT2D eigenvalue weighted by atomic mass is 19.1. The second kappa shape index (κ2) is 7.30. The minimum absolute atomic E-state index is 0.150. The van der Waals surface area contributed by atoms with Crippen molar-refractivity contribution in [3.63, 3.8) is 0 Å². The van der Waals surface area contributed by atoms with E-state index in [1.165, 1.54) is 11.8 Å². The van der Waals surface area contributed by atoms with Crippen molar-refractivity contribution < 1.29 is 13.5 Å². The van der Waals surface area contributed by atoms with Crippen molar-refractivity contribution >= 4 is 0 Å². The van der Waals surface area contributed by atoms with Gasteiger partial charge in [0.05, 0.1) is 18.0 Å². The Morgan fingerprint density at radius 1 is 1.26 bits per heavy atom. The first-order valence-electron chi connectivity index (χ1n) is 9.65. The lowest BCUT2D eigenvalue weighted by Gasteiger charge is -2.38. The van der Waals surface area contributed by atoms with Gasteiger partial charge in [-0.2, -0.15) is 0 Å². The molecule has 2 N–H and O–H groups in total. The molecule has 0 radical (unpaired) electrons. The van der Waals surface area contributed by atoms with Crippen LogP contribution >= 0.6 is 0 Å². The van der Waals surface area contributed by atoms with Crippen LogP contribution in [-0.4, -0.2) is 33.1 Å². The van der Waals surface area contributed by atoms with Crippen molar-refractivity contribution in [2.75, 3.05) is 6.61 Å². The topological polar surface area (TPSA) is 56.3 Å². The van der Waals surface area contributed by atoms with E-state index in [0.29, 0.717) is 13.0 Å². The molecule has 0 aliphatic carbocycles. The predicted molar refractivity (Wildman–Crippen MR) is 98.0 cm³/mol. The highest BCUT2D eigenvalue weighted by Crippen LogP contribution is 2.34. The maximum Gasteiger partial charge on any atom is 0.129 e. The number of aryl methyl sites for hydroxylation is 1. The number of imidazole rings is 1. The summed E-state index contributed by atoms with van der Waals surface area (Å²) in [4.78, 5) is 7.12. The van der Waals surface area contributed by atoms with Gasteiger partial charge in [-0.15, -0.1) is 0 Å². The number of aromatic nitrogens is 2. The lowest BCUT2D eigenvalue weighted by molar-refractivity contribution is -0.0535. The number of fused-ring (bicyclic) bond motifs is 1. The molecule has 3 atom stereocenters. The van der Waals surface area contributed by atoms with Crippen molar-refractivity contribution in [1.82, 2.24) is 14.5 Å². The van der Waals surface area contributed by atoms with Crippen molar-refractivity contribution in [2.45, 2.75) is 64.5 Å². The molecule has 1 aromatic carbocycles. The van der Waals surface area contributed by atoms with Crippen LogP contribution in [0.25, 0.3) is 0 Å². The largest absolute Gasteiger partial charge is 0.370 e. The van der Waals surface area contributed by atoms with E-state index in [0.717, 1.165) is 49.7 Å². The van der Waals surface area contributed by atoms with Crippen LogP contribution in [-0.2, 0) is 30.8 Å². The molecule has 3 heterocycles. The van der Waals surface area contributed by atoms with Gasteiger partial charge in [-0.3, -0.25) is 4.90 Å². The van der Waals surface area contributed by atoms with Crippen LogP contribution in [0.15, 0.2) is 18.2 Å². The second-order valence-electron chi connectivity index (χ2n) is 7.40. The molecule has 2 aliphatic heterocycles. The zero-order valence-electron chi connectivity index (χ0n) is 15.8. The van der Waals surface area contributed by atoms with Crippen LogP contribution in [0.1, 0.15) is 49.1 Å². The van der Waals surface area contributed by atoms with E-state index in [2.05, 4.69) is 23.3 Å². The molecule has 146 valence electrons. The van der Waals surface area contributed by atoms with Gasteiger partial charge in [-0.05, 0) is 31.5 Å². The highest BCUT2D eigenvalue weighted by Gasteiger charge is 2.37. The van der Waals surface area contributed by atoms with Crippen LogP contribution in [0.4, 0.5) is 8.78 Å². The predicted octanol–water partition coefficient (Wildman–Crippen LogP) is 2.92. The van der Waals surface area contributed by atoms with E-state index in [9.17, 15) is 8.78 Å². The Bertz CT molecular complexity index is 838. The van der Waals surface area contributed by atoms with Gasteiger partial charge in [0.1, 0.15) is 23.6 Å². The molecular weight excluding hydrogens is 350 g/mol. The molecule has 0 amide bonds. The Labute approximate surface area is 158 Å². The molecule has 4 rings (SSSR count). The lowest BCUT2D eigenvalue weighted by atomic mass is 9.93. The molecule has 0 unspecified atom stereocenters. The molecule has 7 heteroatoms. The third kappa shape index (κ3) is 3.28. The molecule has 2 aromatic rings. The zero-order valence-corrected chi connectivity index (χ0v) is 15.8. The molecule has 1 aromatic heterocycles. The standard InChI is InChI=1S/C20H26F2N4O/c1-3-19-24-17-9-25(10-18(17)26(19)4-2)13-8-16(23)20(27-11-13)14-7-12(21)5-6-15(14)22/h5-7,13,16,20H,3-4,8-11,23H2,1-2H3/t13-,16+,20-/m1/s1. The first kappa shape index (κ1) is 18.5. The fraction of sp³-hybridized carbons (Fsp3) is 0.550. The van der Waals surface area contributed by atoms with E-state index >= 15 is 0 Å². The van der Waals surface area contributed by atoms with Gasteiger partial charge < -0.3 is 15.0 Å². The minimum atomic E-state index is -0.615. The van der Waals surface area contributed by atoms with Gasteiger partial charge in [0, 0.05) is 43.7 Å². The van der Waals surface area contributed by atoms with E-state index < -0.39 is 17.7 Å². The summed E-state index contributed by atoms with van der Waals surface area (Å²) >= 11 is 0. The lowest BCUT2D eigenvalue weighted by Crippen LogP contribution is -2.47. The summed E-state index contributed by atoms with van der Waals surface area (Å²) in [5.41, 5.74) is 8.93. The molecule has 1 fully saturated rings. The average molecular weight is 376 g/mol. The quantitative estimate of drug-likeness (QED) is 0.892. The van der Waals surface area contributed by atoms with Crippen LogP contribution in [0.3, 0.4) is 0 Å². The van der Waals surface area contributed by atoms with Crippen molar-refractivity contribution in [3.05, 3.63) is 52.6 Å². The van der Waals surface area contributed by atoms with Gasteiger partial charge in [0.2, 0.25) is 0 Å². The van der Waals surface area contributed by atoms with Crippen molar-refractivity contribution in [3.8, 4) is 0 Å². The number of ether oxygens (including phenoxy) is 1. The summed E-state index contributed by atoms with van der Waals surface area (Å²) < 4.78 is 35.8. The number of benzene rings is 1. The van der Waals surface area contributed by atoms with Gasteiger partial charge in [0.25, 0.3) is 0 Å². The average Bonchev–Trinajstić information content (AvgIpc) is 3.21. The summed E-state index contributed by atoms with van der Waals surface area (Å²) in [6.07, 6.45) is 0.993. The molecule has 1 saturated heterocycles. The van der Waals surface area contributed by atoms with Crippen molar-refractivity contribution in [2.24, 2.45) is 5.73 Å². The summed E-state index contributed by atoms with van der Waals surface area (Å²) in [5, 5.41) is 0. The Kier molecular flexibility index (Phi) is 5.01. The summed E-state index contributed by atoms with van der Waals surface area (Å²) in [6, 6.07) is 3.19. The van der Waals surface area contributed by atoms with Gasteiger partial charge in [-0.1, -0.05) is 6.92 Å². The van der Waals surface area contributed by atoms with E-state index in [4.69, 9.17) is 15.5 Å². The van der Waals surface area contributed by atoms with E-state index in [1.807, 2.05) is 0 Å². The first-order chi connectivity index (χ1) is 13.0. The maximum absolute atomic E-state index is 14.1. The van der Waals surface area contributed by atoms with E-state index in [1.54, 1.807) is 0 Å². The SMILES string of the molecule is CCc1nc2c(n1CC)CN([C@H]1CO[C@H](c3cc(F)ccc3F)[C@@H](N)C1)C2. The van der Waals surface area contributed by atoms with Gasteiger partial charge in [0.15, 0.2) is 0 Å². The monoisotopic (exact) mass is 376 g/mol. The Morgan fingerprint density at radius 2 is 2.07 bits per heavy atom. The van der Waals surface area contributed by atoms with Crippen LogP contribution < -0.4 is 5.73 Å². The molecule has 2 aliphatic rings. The van der Waals surface area contributed by atoms with Crippen molar-refractivity contribution in [1.29, 1.82) is 0 Å². The summed E-state index contributed by atoms with van der Waals surface area (Å²) in [7, 11) is 0. The Hall–Kier alpha value is -1.83. The number of hydrogen-bond donors (Lipinski definition) is 1. The fourth-order valence-electron chi connectivity index (χ4n) is 4.39. The number of rotatable bonds is 4. The van der Waals surface area contributed by atoms with Gasteiger partial charge >= 0.3 is 0 Å². The first-order valence-corrected chi connectivity index (χ1v) is 9.65. The summed E-state index contributed by atoms with van der Waals surface area (Å²) in [5.74, 6) is 0.186. The Balaban J connectivity index is 1.46. The number of nitrogens with zero attached hydrogens (tertiary/aromatic N) is 3. The third-order valence-corrected chi connectivity index (χ3v) is 5.75. The fourth-order valence-corrected chi connectivity index (χ4v) is 4.39. The molecule has 0 spiro atoms. The van der Waals surface area contributed by atoms with Crippen LogP contribution in [0, 0.1) is 11.6 Å². The smallest absolute Gasteiger partial charge is 0.129 e. The van der Waals surface area contributed by atoms with Crippen LogP contribution in [0.5, 0.6) is 0 Å².